The Balaban J connectivity index is 0.000000208. The van der Waals surface area contributed by atoms with Crippen LogP contribution in [0, 0.1) is 0 Å². The van der Waals surface area contributed by atoms with Gasteiger partial charge in [-0.1, -0.05) is 41.4 Å². The Labute approximate surface area is 167 Å². The number of aliphatic hydroxyl groups excluding tert-OH is 4. The van der Waals surface area contributed by atoms with Crippen molar-refractivity contribution in [1.29, 1.82) is 0 Å². The van der Waals surface area contributed by atoms with E-state index in [4.69, 9.17) is 53.1 Å². The van der Waals surface area contributed by atoms with Crippen LogP contribution in [0.3, 0.4) is 0 Å². The first-order chi connectivity index (χ1) is 12.9. The zero-order valence-corrected chi connectivity index (χ0v) is 15.9. The van der Waals surface area contributed by atoms with Crippen LogP contribution in [0.15, 0.2) is 48.5 Å². The van der Waals surface area contributed by atoms with Gasteiger partial charge in [-0.25, -0.2) is 0 Å². The van der Waals surface area contributed by atoms with Crippen molar-refractivity contribution in [3.05, 3.63) is 64.1 Å². The second-order valence-corrected chi connectivity index (χ2v) is 6.86. The quantitative estimate of drug-likeness (QED) is 0.608. The van der Waals surface area contributed by atoms with Gasteiger partial charge in [0.1, 0.15) is 36.8 Å². The van der Waals surface area contributed by atoms with Crippen LogP contribution in [-0.2, 0) is 11.3 Å². The van der Waals surface area contributed by atoms with Crippen LogP contribution in [0.4, 0.5) is 0 Å². The lowest BCUT2D eigenvalue weighted by Crippen LogP contribution is -2.53. The van der Waals surface area contributed by atoms with Gasteiger partial charge in [0.25, 0.3) is 0 Å². The SMILES string of the molecule is Clc1cc(Cl)cc(COc2ccccc2)c1.OCC1OCC(O)C(O)[C@@H]1O. The molecular formula is C19H22Cl2O6. The largest absolute Gasteiger partial charge is 0.489 e. The second-order valence-electron chi connectivity index (χ2n) is 5.98. The van der Waals surface area contributed by atoms with Crippen LogP contribution >= 0.6 is 23.2 Å². The summed E-state index contributed by atoms with van der Waals surface area (Å²) in [5.74, 6) is 0.832. The van der Waals surface area contributed by atoms with Gasteiger partial charge in [0.15, 0.2) is 0 Å². The normalized spacial score (nSPS) is 24.7. The van der Waals surface area contributed by atoms with Gasteiger partial charge in [-0.3, -0.25) is 0 Å². The average molecular weight is 417 g/mol. The molecule has 3 unspecified atom stereocenters. The molecule has 0 aliphatic carbocycles. The van der Waals surface area contributed by atoms with Crippen LogP contribution in [0.25, 0.3) is 0 Å². The van der Waals surface area contributed by atoms with Crippen molar-refractivity contribution in [2.75, 3.05) is 13.2 Å². The minimum atomic E-state index is -1.22. The number of halogens is 2. The third-order valence-corrected chi connectivity index (χ3v) is 4.29. The molecular weight excluding hydrogens is 395 g/mol. The maximum absolute atomic E-state index is 9.11. The van der Waals surface area contributed by atoms with E-state index in [0.29, 0.717) is 16.7 Å². The Morgan fingerprint density at radius 2 is 1.59 bits per heavy atom. The number of rotatable bonds is 4. The molecule has 2 aromatic rings. The van der Waals surface area contributed by atoms with Crippen molar-refractivity contribution in [2.24, 2.45) is 0 Å². The maximum atomic E-state index is 9.11. The van der Waals surface area contributed by atoms with Crippen LogP contribution in [0.5, 0.6) is 5.75 Å². The number of hydrogen-bond acceptors (Lipinski definition) is 6. The standard InChI is InChI=1S/C13H10Cl2O.C6H12O5/c14-11-6-10(7-12(15)8-11)9-16-13-4-2-1-3-5-13;7-1-4-6(10)5(9)3(8)2-11-4/h1-8H,9H2;3-10H,1-2H2/t;3?,4?,5?,6-/m.1/s1. The van der Waals surface area contributed by atoms with Gasteiger partial charge in [-0.2, -0.15) is 0 Å². The summed E-state index contributed by atoms with van der Waals surface area (Å²) >= 11 is 11.8. The average Bonchev–Trinajstić information content (AvgIpc) is 2.65. The molecule has 1 aliphatic heterocycles. The molecule has 148 valence electrons. The van der Waals surface area contributed by atoms with Crippen molar-refractivity contribution in [3.63, 3.8) is 0 Å². The molecule has 0 aromatic heterocycles. The molecule has 0 amide bonds. The molecule has 8 heteroatoms. The highest BCUT2D eigenvalue weighted by molar-refractivity contribution is 6.34. The van der Waals surface area contributed by atoms with Crippen LogP contribution in [0.1, 0.15) is 5.56 Å². The fourth-order valence-electron chi connectivity index (χ4n) is 2.41. The van der Waals surface area contributed by atoms with Gasteiger partial charge in [0, 0.05) is 10.0 Å². The van der Waals surface area contributed by atoms with E-state index in [1.54, 1.807) is 6.07 Å². The lowest BCUT2D eigenvalue weighted by atomic mass is 10.0. The molecule has 1 heterocycles. The van der Waals surface area contributed by atoms with Gasteiger partial charge in [-0.05, 0) is 35.9 Å². The second kappa shape index (κ2) is 10.8. The van der Waals surface area contributed by atoms with Crippen LogP contribution < -0.4 is 4.74 Å². The molecule has 4 N–H and O–H groups in total. The lowest BCUT2D eigenvalue weighted by Gasteiger charge is -2.34. The van der Waals surface area contributed by atoms with E-state index in [2.05, 4.69) is 0 Å². The van der Waals surface area contributed by atoms with Crippen molar-refractivity contribution in [2.45, 2.75) is 31.0 Å². The summed E-state index contributed by atoms with van der Waals surface area (Å²) in [6.07, 6.45) is -4.27. The monoisotopic (exact) mass is 416 g/mol. The molecule has 0 saturated carbocycles. The number of para-hydroxylation sites is 1. The smallest absolute Gasteiger partial charge is 0.119 e. The van der Waals surface area contributed by atoms with E-state index in [1.165, 1.54) is 0 Å². The molecule has 1 fully saturated rings. The Morgan fingerprint density at radius 3 is 2.19 bits per heavy atom. The van der Waals surface area contributed by atoms with E-state index in [-0.39, 0.29) is 13.2 Å². The van der Waals surface area contributed by atoms with Crippen molar-refractivity contribution in [1.82, 2.24) is 0 Å². The lowest BCUT2D eigenvalue weighted by molar-refractivity contribution is -0.195. The van der Waals surface area contributed by atoms with Gasteiger partial charge < -0.3 is 29.9 Å². The minimum absolute atomic E-state index is 0.0521. The molecule has 6 nitrogen and oxygen atoms in total. The molecule has 2 aromatic carbocycles. The van der Waals surface area contributed by atoms with E-state index >= 15 is 0 Å². The van der Waals surface area contributed by atoms with Crippen LogP contribution in [-0.4, -0.2) is 58.1 Å². The van der Waals surface area contributed by atoms with E-state index in [0.717, 1.165) is 11.3 Å². The topological polar surface area (TPSA) is 99.4 Å². The Morgan fingerprint density at radius 1 is 0.963 bits per heavy atom. The summed E-state index contributed by atoms with van der Waals surface area (Å²) in [5.41, 5.74) is 0.960. The number of benzene rings is 2. The fourth-order valence-corrected chi connectivity index (χ4v) is 2.98. The molecule has 0 bridgehead atoms. The third kappa shape index (κ3) is 6.93. The van der Waals surface area contributed by atoms with Gasteiger partial charge in [-0.15, -0.1) is 0 Å². The first-order valence-electron chi connectivity index (χ1n) is 8.30. The Kier molecular flexibility index (Phi) is 8.79. The van der Waals surface area contributed by atoms with E-state index in [9.17, 15) is 0 Å². The van der Waals surface area contributed by atoms with Gasteiger partial charge >= 0.3 is 0 Å². The summed E-state index contributed by atoms with van der Waals surface area (Å²) < 4.78 is 10.4. The third-order valence-electron chi connectivity index (χ3n) is 3.86. The molecule has 27 heavy (non-hydrogen) atoms. The highest BCUT2D eigenvalue weighted by Gasteiger charge is 2.36. The maximum Gasteiger partial charge on any atom is 0.119 e. The zero-order valence-electron chi connectivity index (χ0n) is 14.4. The summed E-state index contributed by atoms with van der Waals surface area (Å²) in [6.45, 7) is 0.0543. The molecule has 3 rings (SSSR count). The number of aliphatic hydroxyl groups is 4. The zero-order chi connectivity index (χ0) is 19.8. The van der Waals surface area contributed by atoms with Gasteiger partial charge in [0.2, 0.25) is 0 Å². The summed E-state index contributed by atoms with van der Waals surface area (Å²) in [6, 6.07) is 15.0. The predicted octanol–water partition coefficient (Wildman–Crippen LogP) is 2.03. The first kappa shape index (κ1) is 21.9. The molecule has 1 aliphatic rings. The number of hydrogen-bond donors (Lipinski definition) is 4. The predicted molar refractivity (Wildman–Crippen MR) is 102 cm³/mol. The van der Waals surface area contributed by atoms with Crippen molar-refractivity contribution < 1.29 is 29.9 Å². The summed E-state index contributed by atoms with van der Waals surface area (Å²) in [7, 11) is 0. The summed E-state index contributed by atoms with van der Waals surface area (Å²) in [4.78, 5) is 0. The van der Waals surface area contributed by atoms with E-state index < -0.39 is 24.4 Å². The first-order valence-corrected chi connectivity index (χ1v) is 9.05. The van der Waals surface area contributed by atoms with Crippen molar-refractivity contribution in [3.8, 4) is 5.75 Å². The number of ether oxygens (including phenoxy) is 2. The van der Waals surface area contributed by atoms with Gasteiger partial charge in [0.05, 0.1) is 13.2 Å². The molecule has 0 radical (unpaired) electrons. The van der Waals surface area contributed by atoms with Crippen LogP contribution in [0.2, 0.25) is 10.0 Å². The highest BCUT2D eigenvalue weighted by Crippen LogP contribution is 2.20. The Bertz CT molecular complexity index is 678. The molecule has 0 spiro atoms. The minimum Gasteiger partial charge on any atom is -0.489 e. The Hall–Kier alpha value is -1.38. The summed E-state index contributed by atoms with van der Waals surface area (Å²) in [5, 5.41) is 37.0. The van der Waals surface area contributed by atoms with E-state index in [1.807, 2.05) is 42.5 Å². The molecule has 1 saturated heterocycles. The molecule has 4 atom stereocenters. The van der Waals surface area contributed by atoms with Crippen molar-refractivity contribution >= 4 is 23.2 Å². The fraction of sp³-hybridized carbons (Fsp3) is 0.368. The highest BCUT2D eigenvalue weighted by atomic mass is 35.5.